The van der Waals surface area contributed by atoms with E-state index in [1.54, 1.807) is 0 Å². The number of rotatable bonds is 5. The normalized spacial score (nSPS) is 11.5. The second-order valence-electron chi connectivity index (χ2n) is 5.04. The minimum absolute atomic E-state index is 0.320. The van der Waals surface area contributed by atoms with Gasteiger partial charge in [-0.3, -0.25) is 0 Å². The third-order valence-corrected chi connectivity index (χ3v) is 2.27. The SMILES string of the molecule is CC(C)(C)CNCCOc1ccc(Cl)cc1. The average Bonchev–Trinajstić information content (AvgIpc) is 2.19. The van der Waals surface area contributed by atoms with E-state index >= 15 is 0 Å². The molecule has 0 heterocycles. The summed E-state index contributed by atoms with van der Waals surface area (Å²) in [6.45, 7) is 9.16. The Hall–Kier alpha value is -0.730. The highest BCUT2D eigenvalue weighted by Gasteiger charge is 2.08. The molecule has 0 aliphatic carbocycles. The van der Waals surface area contributed by atoms with E-state index in [0.29, 0.717) is 12.0 Å². The summed E-state index contributed by atoms with van der Waals surface area (Å²) in [6.07, 6.45) is 0. The summed E-state index contributed by atoms with van der Waals surface area (Å²) < 4.78 is 5.55. The van der Waals surface area contributed by atoms with Gasteiger partial charge >= 0.3 is 0 Å². The molecule has 0 bridgehead atoms. The second-order valence-corrected chi connectivity index (χ2v) is 5.48. The monoisotopic (exact) mass is 241 g/mol. The van der Waals surface area contributed by atoms with Gasteiger partial charge < -0.3 is 10.1 Å². The van der Waals surface area contributed by atoms with E-state index in [1.165, 1.54) is 0 Å². The molecule has 0 radical (unpaired) electrons. The van der Waals surface area contributed by atoms with Gasteiger partial charge in [0.1, 0.15) is 12.4 Å². The fourth-order valence-corrected chi connectivity index (χ4v) is 1.36. The lowest BCUT2D eigenvalue weighted by atomic mass is 9.97. The molecular formula is C13H20ClNO. The van der Waals surface area contributed by atoms with Gasteiger partial charge in [-0.25, -0.2) is 0 Å². The molecule has 1 N–H and O–H groups in total. The lowest BCUT2D eigenvalue weighted by Gasteiger charge is -2.18. The predicted octanol–water partition coefficient (Wildman–Crippen LogP) is 3.35. The zero-order valence-electron chi connectivity index (χ0n) is 10.2. The third kappa shape index (κ3) is 5.99. The molecule has 0 amide bonds. The van der Waals surface area contributed by atoms with Crippen LogP contribution in [0, 0.1) is 5.41 Å². The Morgan fingerprint density at radius 1 is 1.19 bits per heavy atom. The van der Waals surface area contributed by atoms with E-state index in [0.717, 1.165) is 23.9 Å². The summed E-state index contributed by atoms with van der Waals surface area (Å²) in [6, 6.07) is 7.43. The van der Waals surface area contributed by atoms with Gasteiger partial charge in [-0.15, -0.1) is 0 Å². The Morgan fingerprint density at radius 2 is 1.81 bits per heavy atom. The molecule has 0 aliphatic heterocycles. The molecule has 0 saturated heterocycles. The van der Waals surface area contributed by atoms with Gasteiger partial charge in [0.2, 0.25) is 0 Å². The number of nitrogens with one attached hydrogen (secondary N) is 1. The molecule has 0 unspecified atom stereocenters. The number of halogens is 1. The maximum absolute atomic E-state index is 5.78. The number of hydrogen-bond acceptors (Lipinski definition) is 2. The first-order valence-corrected chi connectivity index (χ1v) is 5.94. The molecule has 90 valence electrons. The van der Waals surface area contributed by atoms with Crippen molar-refractivity contribution in [2.24, 2.45) is 5.41 Å². The van der Waals surface area contributed by atoms with E-state index in [-0.39, 0.29) is 0 Å². The van der Waals surface area contributed by atoms with Crippen LogP contribution in [-0.4, -0.2) is 19.7 Å². The van der Waals surface area contributed by atoms with Crippen molar-refractivity contribution in [2.75, 3.05) is 19.7 Å². The van der Waals surface area contributed by atoms with Crippen molar-refractivity contribution in [1.82, 2.24) is 5.32 Å². The van der Waals surface area contributed by atoms with Crippen molar-refractivity contribution in [3.63, 3.8) is 0 Å². The fraction of sp³-hybridized carbons (Fsp3) is 0.538. The van der Waals surface area contributed by atoms with Crippen LogP contribution in [0.5, 0.6) is 5.75 Å². The Morgan fingerprint density at radius 3 is 2.38 bits per heavy atom. The smallest absolute Gasteiger partial charge is 0.119 e. The third-order valence-electron chi connectivity index (χ3n) is 2.02. The van der Waals surface area contributed by atoms with Crippen LogP contribution >= 0.6 is 11.6 Å². The van der Waals surface area contributed by atoms with Gasteiger partial charge in [-0.1, -0.05) is 32.4 Å². The molecule has 0 saturated carbocycles. The number of hydrogen-bond donors (Lipinski definition) is 1. The van der Waals surface area contributed by atoms with E-state index in [4.69, 9.17) is 16.3 Å². The van der Waals surface area contributed by atoms with Crippen LogP contribution in [-0.2, 0) is 0 Å². The van der Waals surface area contributed by atoms with Gasteiger partial charge in [0.15, 0.2) is 0 Å². The molecular weight excluding hydrogens is 222 g/mol. The van der Waals surface area contributed by atoms with Crippen LogP contribution in [0.15, 0.2) is 24.3 Å². The highest BCUT2D eigenvalue weighted by Crippen LogP contribution is 2.15. The van der Waals surface area contributed by atoms with Crippen molar-refractivity contribution in [2.45, 2.75) is 20.8 Å². The van der Waals surface area contributed by atoms with Crippen LogP contribution < -0.4 is 10.1 Å². The van der Waals surface area contributed by atoms with E-state index in [1.807, 2.05) is 24.3 Å². The van der Waals surface area contributed by atoms with Crippen molar-refractivity contribution >= 4 is 11.6 Å². The van der Waals surface area contributed by atoms with Gasteiger partial charge in [0, 0.05) is 18.1 Å². The molecule has 0 spiro atoms. The molecule has 16 heavy (non-hydrogen) atoms. The maximum Gasteiger partial charge on any atom is 0.119 e. The molecule has 1 aromatic rings. The first-order chi connectivity index (χ1) is 7.47. The molecule has 1 aromatic carbocycles. The van der Waals surface area contributed by atoms with Crippen molar-refractivity contribution in [3.05, 3.63) is 29.3 Å². The first kappa shape index (κ1) is 13.3. The molecule has 0 aliphatic rings. The Kier molecular flexibility index (Phi) is 5.10. The highest BCUT2D eigenvalue weighted by molar-refractivity contribution is 6.30. The summed E-state index contributed by atoms with van der Waals surface area (Å²) in [4.78, 5) is 0. The zero-order valence-corrected chi connectivity index (χ0v) is 11.0. The van der Waals surface area contributed by atoms with Crippen LogP contribution in [0.25, 0.3) is 0 Å². The molecule has 3 heteroatoms. The van der Waals surface area contributed by atoms with E-state index in [9.17, 15) is 0 Å². The van der Waals surface area contributed by atoms with Crippen LogP contribution in [0.2, 0.25) is 5.02 Å². The van der Waals surface area contributed by atoms with E-state index in [2.05, 4.69) is 26.1 Å². The van der Waals surface area contributed by atoms with Crippen LogP contribution in [0.3, 0.4) is 0 Å². The molecule has 1 rings (SSSR count). The van der Waals surface area contributed by atoms with Gasteiger partial charge in [-0.05, 0) is 29.7 Å². The van der Waals surface area contributed by atoms with E-state index < -0.39 is 0 Å². The molecule has 0 fully saturated rings. The Bertz CT molecular complexity index is 303. The van der Waals surface area contributed by atoms with Gasteiger partial charge in [0.05, 0.1) is 0 Å². The second kappa shape index (κ2) is 6.12. The summed E-state index contributed by atoms with van der Waals surface area (Å²) in [5.74, 6) is 0.863. The lowest BCUT2D eigenvalue weighted by molar-refractivity contribution is 0.297. The summed E-state index contributed by atoms with van der Waals surface area (Å²) in [5, 5.41) is 4.09. The number of ether oxygens (including phenoxy) is 1. The standard InChI is InChI=1S/C13H20ClNO/c1-13(2,3)10-15-8-9-16-12-6-4-11(14)5-7-12/h4-7,15H,8-10H2,1-3H3. The van der Waals surface area contributed by atoms with Crippen LogP contribution in [0.4, 0.5) is 0 Å². The molecule has 0 atom stereocenters. The average molecular weight is 242 g/mol. The van der Waals surface area contributed by atoms with Crippen molar-refractivity contribution in [3.8, 4) is 5.75 Å². The largest absolute Gasteiger partial charge is 0.492 e. The summed E-state index contributed by atoms with van der Waals surface area (Å²) in [7, 11) is 0. The quantitative estimate of drug-likeness (QED) is 0.799. The summed E-state index contributed by atoms with van der Waals surface area (Å²) >= 11 is 5.78. The van der Waals surface area contributed by atoms with Gasteiger partial charge in [0.25, 0.3) is 0 Å². The van der Waals surface area contributed by atoms with Gasteiger partial charge in [-0.2, -0.15) is 0 Å². The maximum atomic E-state index is 5.78. The first-order valence-electron chi connectivity index (χ1n) is 5.56. The topological polar surface area (TPSA) is 21.3 Å². The minimum Gasteiger partial charge on any atom is -0.492 e. The highest BCUT2D eigenvalue weighted by atomic mass is 35.5. The van der Waals surface area contributed by atoms with Crippen molar-refractivity contribution < 1.29 is 4.74 Å². The minimum atomic E-state index is 0.320. The van der Waals surface area contributed by atoms with Crippen LogP contribution in [0.1, 0.15) is 20.8 Å². The lowest BCUT2D eigenvalue weighted by Crippen LogP contribution is -2.30. The van der Waals surface area contributed by atoms with Crippen molar-refractivity contribution in [1.29, 1.82) is 0 Å². The Balaban J connectivity index is 2.14. The Labute approximate surface area is 103 Å². The summed E-state index contributed by atoms with van der Waals surface area (Å²) in [5.41, 5.74) is 0.320. The molecule has 2 nitrogen and oxygen atoms in total. The fourth-order valence-electron chi connectivity index (χ4n) is 1.24. The molecule has 0 aromatic heterocycles. The zero-order chi connectivity index (χ0) is 12.0. The number of benzene rings is 1. The predicted molar refractivity (Wildman–Crippen MR) is 69.3 cm³/mol.